The van der Waals surface area contributed by atoms with E-state index in [2.05, 4.69) is 20.9 Å². The van der Waals surface area contributed by atoms with Crippen LogP contribution in [0.25, 0.3) is 11.0 Å². The maximum absolute atomic E-state index is 13.3. The van der Waals surface area contributed by atoms with Crippen LogP contribution < -0.4 is 0 Å². The highest BCUT2D eigenvalue weighted by Gasteiger charge is 2.08. The van der Waals surface area contributed by atoms with Crippen molar-refractivity contribution in [2.45, 2.75) is 6.54 Å². The Labute approximate surface area is 105 Å². The van der Waals surface area contributed by atoms with Crippen LogP contribution in [0.4, 0.5) is 4.39 Å². The molecule has 0 atom stereocenters. The Hall–Kier alpha value is -0.720. The molecular formula is C10H10BrFN2OS. The monoisotopic (exact) mass is 304 g/mol. The lowest BCUT2D eigenvalue weighted by molar-refractivity contribution is 0.188. The molecule has 0 saturated carbocycles. The molecule has 0 unspecified atom stereocenters. The number of benzene rings is 1. The van der Waals surface area contributed by atoms with Crippen molar-refractivity contribution < 1.29 is 9.13 Å². The van der Waals surface area contributed by atoms with Crippen LogP contribution >= 0.6 is 28.1 Å². The van der Waals surface area contributed by atoms with Crippen molar-refractivity contribution in [3.63, 3.8) is 0 Å². The number of aromatic nitrogens is 2. The highest BCUT2D eigenvalue weighted by molar-refractivity contribution is 9.10. The first-order valence-electron chi connectivity index (χ1n) is 4.70. The number of hydrogen-bond acceptors (Lipinski definition) is 2. The number of H-pyrrole nitrogens is 1. The zero-order valence-electron chi connectivity index (χ0n) is 8.59. The second-order valence-corrected chi connectivity index (χ2v) is 4.60. The summed E-state index contributed by atoms with van der Waals surface area (Å²) in [7, 11) is 1.63. The predicted octanol–water partition coefficient (Wildman–Crippen LogP) is 3.25. The van der Waals surface area contributed by atoms with Crippen LogP contribution in [0.15, 0.2) is 16.6 Å². The lowest BCUT2D eigenvalue weighted by Crippen LogP contribution is -2.03. The standard InChI is InChI=1S/C10H10BrFN2OS/c1-15-3-2-14-9-4-6(11)7(12)5-8(9)13-10(14)16/h4-5H,2-3H2,1H3,(H,13,16). The van der Waals surface area contributed by atoms with Gasteiger partial charge in [-0.15, -0.1) is 0 Å². The van der Waals surface area contributed by atoms with E-state index in [1.165, 1.54) is 6.07 Å². The molecule has 0 spiro atoms. The minimum absolute atomic E-state index is 0.303. The molecule has 0 bridgehead atoms. The summed E-state index contributed by atoms with van der Waals surface area (Å²) in [6.45, 7) is 1.21. The smallest absolute Gasteiger partial charge is 0.178 e. The molecule has 1 aromatic carbocycles. The molecule has 0 aliphatic carbocycles. The minimum atomic E-state index is -0.303. The number of fused-ring (bicyclic) bond motifs is 1. The van der Waals surface area contributed by atoms with E-state index in [9.17, 15) is 4.39 Å². The van der Waals surface area contributed by atoms with Crippen LogP contribution in [0.2, 0.25) is 0 Å². The number of hydrogen-bond donors (Lipinski definition) is 1. The fourth-order valence-corrected chi connectivity index (χ4v) is 2.19. The molecule has 1 aromatic heterocycles. The third-order valence-electron chi connectivity index (χ3n) is 2.34. The summed E-state index contributed by atoms with van der Waals surface area (Å²) in [6.07, 6.45) is 0. The number of halogens is 2. The van der Waals surface area contributed by atoms with E-state index >= 15 is 0 Å². The van der Waals surface area contributed by atoms with Gasteiger partial charge in [0, 0.05) is 19.7 Å². The average Bonchev–Trinajstić information content (AvgIpc) is 2.52. The Balaban J connectivity index is 2.60. The highest BCUT2D eigenvalue weighted by atomic mass is 79.9. The van der Waals surface area contributed by atoms with Gasteiger partial charge in [0.25, 0.3) is 0 Å². The predicted molar refractivity (Wildman–Crippen MR) is 66.7 cm³/mol. The maximum Gasteiger partial charge on any atom is 0.178 e. The Bertz CT molecular complexity index is 578. The van der Waals surface area contributed by atoms with E-state index in [1.807, 2.05) is 4.57 Å². The first-order valence-corrected chi connectivity index (χ1v) is 5.90. The van der Waals surface area contributed by atoms with E-state index in [1.54, 1.807) is 13.2 Å². The van der Waals surface area contributed by atoms with Gasteiger partial charge in [-0.2, -0.15) is 0 Å². The van der Waals surface area contributed by atoms with Gasteiger partial charge in [0.2, 0.25) is 0 Å². The van der Waals surface area contributed by atoms with Gasteiger partial charge >= 0.3 is 0 Å². The van der Waals surface area contributed by atoms with Crippen LogP contribution in [0, 0.1) is 10.6 Å². The topological polar surface area (TPSA) is 29.9 Å². The molecule has 1 heterocycles. The molecule has 2 aromatic rings. The van der Waals surface area contributed by atoms with Gasteiger partial charge in [-0.3, -0.25) is 0 Å². The number of aromatic amines is 1. The number of imidazole rings is 1. The van der Waals surface area contributed by atoms with Gasteiger partial charge in [-0.25, -0.2) is 4.39 Å². The molecule has 3 nitrogen and oxygen atoms in total. The lowest BCUT2D eigenvalue weighted by atomic mass is 10.3. The van der Waals surface area contributed by atoms with Gasteiger partial charge < -0.3 is 14.3 Å². The SMILES string of the molecule is COCCn1c(=S)[nH]c2cc(F)c(Br)cc21. The van der Waals surface area contributed by atoms with Crippen molar-refractivity contribution in [1.82, 2.24) is 9.55 Å². The molecule has 6 heteroatoms. The first-order chi connectivity index (χ1) is 7.63. The fraction of sp³-hybridized carbons (Fsp3) is 0.300. The number of nitrogens with zero attached hydrogens (tertiary/aromatic N) is 1. The lowest BCUT2D eigenvalue weighted by Gasteiger charge is -2.03. The molecule has 0 fully saturated rings. The molecule has 1 N–H and O–H groups in total. The summed E-state index contributed by atoms with van der Waals surface area (Å²) < 4.78 is 21.2. The molecule has 0 aliphatic rings. The fourth-order valence-electron chi connectivity index (χ4n) is 1.56. The molecule has 86 valence electrons. The quantitative estimate of drug-likeness (QED) is 0.882. The van der Waals surface area contributed by atoms with Gasteiger partial charge in [-0.1, -0.05) is 0 Å². The van der Waals surface area contributed by atoms with E-state index in [0.29, 0.717) is 27.9 Å². The van der Waals surface area contributed by atoms with Crippen molar-refractivity contribution in [2.75, 3.05) is 13.7 Å². The van der Waals surface area contributed by atoms with Crippen molar-refractivity contribution in [3.8, 4) is 0 Å². The van der Waals surface area contributed by atoms with E-state index in [4.69, 9.17) is 17.0 Å². The summed E-state index contributed by atoms with van der Waals surface area (Å²) in [4.78, 5) is 2.97. The Morgan fingerprint density at radius 1 is 1.56 bits per heavy atom. The van der Waals surface area contributed by atoms with Crippen LogP contribution in [-0.4, -0.2) is 23.3 Å². The highest BCUT2D eigenvalue weighted by Crippen LogP contribution is 2.23. The van der Waals surface area contributed by atoms with Crippen LogP contribution in [0.5, 0.6) is 0 Å². The Morgan fingerprint density at radius 2 is 2.31 bits per heavy atom. The molecule has 0 amide bonds. The average molecular weight is 305 g/mol. The molecule has 16 heavy (non-hydrogen) atoms. The largest absolute Gasteiger partial charge is 0.383 e. The van der Waals surface area contributed by atoms with Crippen LogP contribution in [0.1, 0.15) is 0 Å². The summed E-state index contributed by atoms with van der Waals surface area (Å²) in [5, 5.41) is 0. The van der Waals surface area contributed by atoms with Crippen molar-refractivity contribution in [2.24, 2.45) is 0 Å². The van der Waals surface area contributed by atoms with E-state index in [-0.39, 0.29) is 5.82 Å². The number of nitrogens with one attached hydrogen (secondary N) is 1. The van der Waals surface area contributed by atoms with Gasteiger partial charge in [0.1, 0.15) is 5.82 Å². The van der Waals surface area contributed by atoms with E-state index < -0.39 is 0 Å². The van der Waals surface area contributed by atoms with Gasteiger partial charge in [-0.05, 0) is 34.2 Å². The Morgan fingerprint density at radius 3 is 3.00 bits per heavy atom. The zero-order valence-corrected chi connectivity index (χ0v) is 11.0. The summed E-state index contributed by atoms with van der Waals surface area (Å²) in [6, 6.07) is 3.14. The summed E-state index contributed by atoms with van der Waals surface area (Å²) in [5.74, 6) is -0.303. The van der Waals surface area contributed by atoms with Gasteiger partial charge in [0.15, 0.2) is 4.77 Å². The number of ether oxygens (including phenoxy) is 1. The molecule has 0 aliphatic heterocycles. The van der Waals surface area contributed by atoms with Crippen LogP contribution in [0.3, 0.4) is 0 Å². The van der Waals surface area contributed by atoms with Crippen LogP contribution in [-0.2, 0) is 11.3 Å². The normalized spacial score (nSPS) is 11.2. The third-order valence-corrected chi connectivity index (χ3v) is 3.27. The maximum atomic E-state index is 13.3. The molecule has 0 radical (unpaired) electrons. The number of methoxy groups -OCH3 is 1. The van der Waals surface area contributed by atoms with Crippen molar-refractivity contribution in [3.05, 3.63) is 27.2 Å². The molecular weight excluding hydrogens is 295 g/mol. The van der Waals surface area contributed by atoms with Gasteiger partial charge in [0.05, 0.1) is 22.1 Å². The number of rotatable bonds is 3. The summed E-state index contributed by atoms with van der Waals surface area (Å²) >= 11 is 8.33. The second-order valence-electron chi connectivity index (χ2n) is 3.36. The Kier molecular flexibility index (Phi) is 3.41. The summed E-state index contributed by atoms with van der Waals surface area (Å²) in [5.41, 5.74) is 1.57. The molecule has 2 rings (SSSR count). The first kappa shape index (κ1) is 11.8. The van der Waals surface area contributed by atoms with Crippen molar-refractivity contribution in [1.29, 1.82) is 0 Å². The molecule has 0 saturated heterocycles. The van der Waals surface area contributed by atoms with Crippen molar-refractivity contribution >= 4 is 39.2 Å². The third kappa shape index (κ3) is 2.05. The van der Waals surface area contributed by atoms with E-state index in [0.717, 1.165) is 5.52 Å². The zero-order chi connectivity index (χ0) is 11.7. The minimum Gasteiger partial charge on any atom is -0.383 e. The second kappa shape index (κ2) is 4.65.